The Morgan fingerprint density at radius 2 is 1.38 bits per heavy atom. The number of hydroxylamine groups is 2. The minimum absolute atomic E-state index is 0.0151. The van der Waals surface area contributed by atoms with E-state index in [0.717, 1.165) is 41.8 Å². The summed E-state index contributed by atoms with van der Waals surface area (Å²) in [7, 11) is 6.45. The van der Waals surface area contributed by atoms with Crippen LogP contribution in [0, 0.1) is 0 Å². The molecule has 4 aromatic carbocycles. The van der Waals surface area contributed by atoms with Gasteiger partial charge in [0, 0.05) is 84.6 Å². The summed E-state index contributed by atoms with van der Waals surface area (Å²) in [6.07, 6.45) is 5.58. The Bertz CT molecular complexity index is 3040. The molecule has 5 aromatic rings. The molecule has 6 heterocycles. The summed E-state index contributed by atoms with van der Waals surface area (Å²) in [4.78, 5) is 82.3. The first-order chi connectivity index (χ1) is 35.9. The average Bonchev–Trinajstić information content (AvgIpc) is 4.02. The number of carbonyl (C=O) groups is 5. The van der Waals surface area contributed by atoms with Gasteiger partial charge in [-0.2, -0.15) is 0 Å². The standard InChI is InChI=1S/C55H56N6O11S2/c1-55(2,74-73-20-9-15-52(64)72-61-50(62)16-17-51(61)63)18-10-19-69-39-23-35(31-70-48-27-42-40(25-46(48)67-3)53(65)59-37(29-56-42)21-33-11-5-7-13-44(33)59)58-36(24-39)32-71-49-28-43-41(26-47(49)68-4)54(66)60-38(30-57-43)22-34-12-6-8-14-45(34)60/h5-8,11-14,23-29,37-38,57H,9-10,15-22,30-32H2,1-4H3/t37-,38?/m0/s1. The molecule has 1 saturated heterocycles. The molecular weight excluding hydrogens is 985 g/mol. The number of methoxy groups -OCH3 is 2. The van der Waals surface area contributed by atoms with Crippen LogP contribution < -0.4 is 38.8 Å². The van der Waals surface area contributed by atoms with Gasteiger partial charge in [-0.15, -0.1) is 5.06 Å². The number of imide groups is 1. The van der Waals surface area contributed by atoms with Gasteiger partial charge in [0.2, 0.25) is 0 Å². The highest BCUT2D eigenvalue weighted by Crippen LogP contribution is 2.44. The zero-order valence-electron chi connectivity index (χ0n) is 41.6. The topological polar surface area (TPSA) is 188 Å². The van der Waals surface area contributed by atoms with Gasteiger partial charge in [-0.1, -0.05) is 58.0 Å². The van der Waals surface area contributed by atoms with Crippen molar-refractivity contribution in [3.05, 3.63) is 119 Å². The molecule has 384 valence electrons. The fourth-order valence-electron chi connectivity index (χ4n) is 9.77. The molecule has 0 aliphatic carbocycles. The van der Waals surface area contributed by atoms with E-state index >= 15 is 0 Å². The number of ether oxygens (including phenoxy) is 5. The summed E-state index contributed by atoms with van der Waals surface area (Å²) in [6, 6.07) is 26.2. The summed E-state index contributed by atoms with van der Waals surface area (Å²) < 4.78 is 30.8. The van der Waals surface area contributed by atoms with Gasteiger partial charge in [-0.25, -0.2) is 4.79 Å². The van der Waals surface area contributed by atoms with Crippen LogP contribution in [0.4, 0.5) is 22.7 Å². The van der Waals surface area contributed by atoms with Crippen LogP contribution in [-0.4, -0.2) is 95.8 Å². The van der Waals surface area contributed by atoms with Crippen molar-refractivity contribution in [2.45, 2.75) is 95.3 Å². The lowest BCUT2D eigenvalue weighted by Crippen LogP contribution is -2.39. The van der Waals surface area contributed by atoms with E-state index in [1.165, 1.54) is 7.11 Å². The van der Waals surface area contributed by atoms with Crippen LogP contribution in [0.3, 0.4) is 0 Å². The lowest BCUT2D eigenvalue weighted by Gasteiger charge is -2.23. The van der Waals surface area contributed by atoms with Gasteiger partial charge < -0.3 is 38.7 Å². The lowest BCUT2D eigenvalue weighted by atomic mass is 10.1. The fraction of sp³-hybridized carbons (Fsp3) is 0.364. The molecule has 10 rings (SSSR count). The number of nitrogens with zero attached hydrogens (tertiary/aromatic N) is 5. The molecular formula is C55H56N6O11S2. The number of anilines is 3. The van der Waals surface area contributed by atoms with Gasteiger partial charge in [0.15, 0.2) is 23.0 Å². The molecule has 4 amide bonds. The van der Waals surface area contributed by atoms with Crippen LogP contribution in [0.2, 0.25) is 0 Å². The zero-order chi connectivity index (χ0) is 51.5. The largest absolute Gasteiger partial charge is 0.493 e. The van der Waals surface area contributed by atoms with Crippen molar-refractivity contribution in [2.75, 3.05) is 48.2 Å². The number of hydrogen-bond acceptors (Lipinski definition) is 16. The molecule has 19 heteroatoms. The van der Waals surface area contributed by atoms with Crippen LogP contribution in [0.1, 0.15) is 95.6 Å². The minimum atomic E-state index is -0.597. The number of fused-ring (bicyclic) bond motifs is 8. The van der Waals surface area contributed by atoms with Crippen molar-refractivity contribution < 1.29 is 52.5 Å². The SMILES string of the molecule is COc1cc2c(cc1OCc1cc(OCCCC(C)(C)SSCCCC(=O)ON3C(=O)CCC3=O)cc(COc3cc4c(cc3OC)C(=O)N3c5ccccc5CC3CN4)n1)N=C[C@@H]1Cc3ccccc3N1C2=O. The highest BCUT2D eigenvalue weighted by Gasteiger charge is 2.39. The summed E-state index contributed by atoms with van der Waals surface area (Å²) in [5.41, 5.74) is 7.16. The van der Waals surface area contributed by atoms with Gasteiger partial charge >= 0.3 is 5.97 Å². The predicted molar refractivity (Wildman–Crippen MR) is 282 cm³/mol. The minimum Gasteiger partial charge on any atom is -0.493 e. The molecule has 2 atom stereocenters. The maximum atomic E-state index is 14.1. The highest BCUT2D eigenvalue weighted by atomic mass is 33.1. The first kappa shape index (κ1) is 50.3. The fourth-order valence-corrected chi connectivity index (χ4v) is 12.5. The van der Waals surface area contributed by atoms with Gasteiger partial charge in [0.05, 0.1) is 66.8 Å². The highest BCUT2D eigenvalue weighted by molar-refractivity contribution is 8.77. The van der Waals surface area contributed by atoms with E-state index < -0.39 is 17.8 Å². The first-order valence-corrected chi connectivity index (χ1v) is 27.0. The molecule has 1 aromatic heterocycles. The lowest BCUT2D eigenvalue weighted by molar-refractivity contribution is -0.197. The van der Waals surface area contributed by atoms with Crippen molar-refractivity contribution in [3.63, 3.8) is 0 Å². The second-order valence-electron chi connectivity index (χ2n) is 19.1. The Balaban J connectivity index is 0.818. The second kappa shape index (κ2) is 21.7. The average molecular weight is 1040 g/mol. The van der Waals surface area contributed by atoms with Gasteiger partial charge in [0.25, 0.3) is 23.6 Å². The van der Waals surface area contributed by atoms with Crippen LogP contribution in [-0.2, 0) is 45.3 Å². The molecule has 74 heavy (non-hydrogen) atoms. The number of pyridine rings is 1. The summed E-state index contributed by atoms with van der Waals surface area (Å²) in [5, 5.41) is 4.08. The van der Waals surface area contributed by atoms with Gasteiger partial charge in [-0.05, 0) is 74.9 Å². The Labute approximate surface area is 436 Å². The number of hydrogen-bond donors (Lipinski definition) is 1. The molecule has 0 bridgehead atoms. The van der Waals surface area contributed by atoms with Crippen molar-refractivity contribution in [1.82, 2.24) is 10.0 Å². The molecule has 17 nitrogen and oxygen atoms in total. The Morgan fingerprint density at radius 1 is 0.743 bits per heavy atom. The van der Waals surface area contributed by atoms with Crippen LogP contribution in [0.5, 0.6) is 28.7 Å². The van der Waals surface area contributed by atoms with Crippen LogP contribution in [0.15, 0.2) is 89.9 Å². The summed E-state index contributed by atoms with van der Waals surface area (Å²) >= 11 is 0. The third-order valence-electron chi connectivity index (χ3n) is 13.4. The zero-order valence-corrected chi connectivity index (χ0v) is 43.2. The molecule has 0 saturated carbocycles. The van der Waals surface area contributed by atoms with Crippen LogP contribution in [0.25, 0.3) is 0 Å². The quantitative estimate of drug-likeness (QED) is 0.0441. The number of para-hydroxylation sites is 2. The van der Waals surface area contributed by atoms with E-state index in [-0.39, 0.29) is 61.1 Å². The third-order valence-corrected chi connectivity index (χ3v) is 16.9. The van der Waals surface area contributed by atoms with Crippen molar-refractivity contribution >= 4 is 80.1 Å². The number of aromatic nitrogens is 1. The van der Waals surface area contributed by atoms with E-state index in [4.69, 9.17) is 38.5 Å². The number of amides is 4. The number of carbonyl (C=O) groups excluding carboxylic acids is 5. The molecule has 0 spiro atoms. The molecule has 1 fully saturated rings. The molecule has 1 unspecified atom stereocenters. The van der Waals surface area contributed by atoms with E-state index in [9.17, 15) is 24.0 Å². The Hall–Kier alpha value is -7.25. The number of rotatable bonds is 20. The van der Waals surface area contributed by atoms with E-state index in [0.29, 0.717) is 99.4 Å². The molecule has 0 radical (unpaired) electrons. The maximum Gasteiger partial charge on any atom is 0.333 e. The molecule has 1 N–H and O–H groups in total. The van der Waals surface area contributed by atoms with Crippen molar-refractivity contribution in [2.24, 2.45) is 4.99 Å². The molecule has 5 aliphatic rings. The third kappa shape index (κ3) is 10.7. The van der Waals surface area contributed by atoms with E-state index in [1.54, 1.807) is 57.9 Å². The molecule has 5 aliphatic heterocycles. The summed E-state index contributed by atoms with van der Waals surface area (Å²) in [5.74, 6) is 0.990. The van der Waals surface area contributed by atoms with Crippen molar-refractivity contribution in [1.29, 1.82) is 0 Å². The Morgan fingerprint density at radius 3 is 2.08 bits per heavy atom. The smallest absolute Gasteiger partial charge is 0.333 e. The first-order valence-electron chi connectivity index (χ1n) is 24.7. The van der Waals surface area contributed by atoms with E-state index in [2.05, 4.69) is 25.2 Å². The van der Waals surface area contributed by atoms with Gasteiger partial charge in [-0.3, -0.25) is 34.1 Å². The van der Waals surface area contributed by atoms with E-state index in [1.807, 2.05) is 65.7 Å². The normalized spacial score (nSPS) is 17.3. The maximum absolute atomic E-state index is 14.1. The predicted octanol–water partition coefficient (Wildman–Crippen LogP) is 9.25. The number of aliphatic imine (C=N–C) groups is 1. The second-order valence-corrected chi connectivity index (χ2v) is 22.2. The summed E-state index contributed by atoms with van der Waals surface area (Å²) in [6.45, 7) is 5.34. The monoisotopic (exact) mass is 1040 g/mol. The van der Waals surface area contributed by atoms with Crippen molar-refractivity contribution in [3.8, 4) is 28.7 Å². The van der Waals surface area contributed by atoms with Crippen LogP contribution >= 0.6 is 21.6 Å². The van der Waals surface area contributed by atoms with Gasteiger partial charge in [0.1, 0.15) is 19.0 Å². The Kier molecular flexibility index (Phi) is 14.7. The number of nitrogens with one attached hydrogen (secondary N) is 1. The number of benzene rings is 4.